The Labute approximate surface area is 180 Å². The molecule has 0 bridgehead atoms. The fourth-order valence-electron chi connectivity index (χ4n) is 2.54. The van der Waals surface area contributed by atoms with Crippen LogP contribution in [0, 0.1) is 5.41 Å². The van der Waals surface area contributed by atoms with E-state index < -0.39 is 10.8 Å². The first kappa shape index (κ1) is 25.4. The van der Waals surface area contributed by atoms with Gasteiger partial charge in [-0.25, -0.2) is 0 Å². The Bertz CT molecular complexity index is 705. The molecule has 0 aliphatic rings. The second-order valence-corrected chi connectivity index (χ2v) is 9.85. The molecule has 3 atom stereocenters. The van der Waals surface area contributed by atoms with Crippen molar-refractivity contribution in [3.05, 3.63) is 60.2 Å². The molecule has 2 aromatic carbocycles. The van der Waals surface area contributed by atoms with Crippen LogP contribution < -0.4 is 4.74 Å². The van der Waals surface area contributed by atoms with E-state index in [-0.39, 0.29) is 11.7 Å². The number of ether oxygens (including phenoxy) is 2. The van der Waals surface area contributed by atoms with E-state index in [9.17, 15) is 4.21 Å². The van der Waals surface area contributed by atoms with Crippen molar-refractivity contribution in [1.29, 1.82) is 0 Å². The summed E-state index contributed by atoms with van der Waals surface area (Å²) in [7, 11) is -1.04. The van der Waals surface area contributed by atoms with Gasteiger partial charge in [-0.15, -0.1) is 0 Å². The largest absolute Gasteiger partial charge is 0.465 e. The molecule has 29 heavy (non-hydrogen) atoms. The number of rotatable bonds is 8. The van der Waals surface area contributed by atoms with Gasteiger partial charge < -0.3 is 9.47 Å². The lowest BCUT2D eigenvalue weighted by Gasteiger charge is -2.27. The van der Waals surface area contributed by atoms with Gasteiger partial charge in [0.25, 0.3) is 0 Å². The first-order valence-electron chi connectivity index (χ1n) is 10.5. The maximum atomic E-state index is 12.2. The third-order valence-corrected chi connectivity index (χ3v) is 5.94. The highest BCUT2D eigenvalue weighted by molar-refractivity contribution is 7.85. The summed E-state index contributed by atoms with van der Waals surface area (Å²) in [5.41, 5.74) is 1.53. The van der Waals surface area contributed by atoms with E-state index in [0.29, 0.717) is 18.3 Å². The van der Waals surface area contributed by atoms with Crippen molar-refractivity contribution in [3.63, 3.8) is 0 Å². The maximum absolute atomic E-state index is 12.2. The highest BCUT2D eigenvalue weighted by Crippen LogP contribution is 2.34. The molecule has 0 heterocycles. The molecule has 0 fully saturated rings. The molecule has 0 saturated heterocycles. The van der Waals surface area contributed by atoms with Crippen LogP contribution in [0.3, 0.4) is 0 Å². The van der Waals surface area contributed by atoms with Gasteiger partial charge in [0.1, 0.15) is 5.75 Å². The molecular weight excluding hydrogens is 380 g/mol. The van der Waals surface area contributed by atoms with Crippen LogP contribution in [0.15, 0.2) is 59.5 Å². The Kier molecular flexibility index (Phi) is 11.2. The standard InChI is InChI=1S/C22H30O3S.C3H8/c1-17(22(3,4)5)19-11-13-20(14-12-19)25-18(2)24-15-16-26(23)21-9-7-6-8-10-21;1-3-2/h6-14,17-18H,15-16H2,1-5H3;3H2,1-2H3. The van der Waals surface area contributed by atoms with Gasteiger partial charge in [-0.05, 0) is 48.1 Å². The molecule has 4 heteroatoms. The van der Waals surface area contributed by atoms with E-state index in [1.807, 2.05) is 49.4 Å². The molecule has 162 valence electrons. The summed E-state index contributed by atoms with van der Waals surface area (Å²) in [6, 6.07) is 17.6. The van der Waals surface area contributed by atoms with Crippen molar-refractivity contribution < 1.29 is 13.7 Å². The van der Waals surface area contributed by atoms with E-state index in [0.717, 1.165) is 10.6 Å². The van der Waals surface area contributed by atoms with Crippen LogP contribution in [0.4, 0.5) is 0 Å². The zero-order valence-corrected chi connectivity index (χ0v) is 19.9. The lowest BCUT2D eigenvalue weighted by atomic mass is 9.78. The summed E-state index contributed by atoms with van der Waals surface area (Å²) in [5, 5.41) is 0. The van der Waals surface area contributed by atoms with Crippen LogP contribution in [-0.4, -0.2) is 22.9 Å². The van der Waals surface area contributed by atoms with E-state index in [1.165, 1.54) is 12.0 Å². The van der Waals surface area contributed by atoms with Gasteiger partial charge in [0.15, 0.2) is 6.29 Å². The van der Waals surface area contributed by atoms with Crippen LogP contribution >= 0.6 is 0 Å². The fourth-order valence-corrected chi connectivity index (χ4v) is 3.48. The minimum atomic E-state index is -1.04. The second kappa shape index (κ2) is 12.8. The zero-order valence-electron chi connectivity index (χ0n) is 19.1. The molecule has 0 saturated carbocycles. The molecule has 0 aliphatic carbocycles. The van der Waals surface area contributed by atoms with Gasteiger partial charge in [-0.1, -0.05) is 78.3 Å². The molecule has 0 radical (unpaired) electrons. The predicted octanol–water partition coefficient (Wildman–Crippen LogP) is 6.80. The SMILES string of the molecule is CC(OCCS(=O)c1ccccc1)Oc1ccc(C(C)C(C)(C)C)cc1.CCC. The van der Waals surface area contributed by atoms with Gasteiger partial charge in [0.2, 0.25) is 0 Å². The molecule has 0 amide bonds. The first-order valence-corrected chi connectivity index (χ1v) is 11.8. The molecule has 0 aromatic heterocycles. The molecule has 2 rings (SSSR count). The highest BCUT2D eigenvalue weighted by atomic mass is 32.2. The second-order valence-electron chi connectivity index (χ2n) is 8.28. The smallest absolute Gasteiger partial charge is 0.197 e. The third kappa shape index (κ3) is 9.60. The van der Waals surface area contributed by atoms with E-state index in [2.05, 4.69) is 53.7 Å². The van der Waals surface area contributed by atoms with Crippen LogP contribution in [0.1, 0.15) is 66.4 Å². The van der Waals surface area contributed by atoms with E-state index in [1.54, 1.807) is 0 Å². The van der Waals surface area contributed by atoms with E-state index >= 15 is 0 Å². The van der Waals surface area contributed by atoms with Crippen molar-refractivity contribution in [2.24, 2.45) is 5.41 Å². The van der Waals surface area contributed by atoms with Crippen molar-refractivity contribution in [3.8, 4) is 5.75 Å². The topological polar surface area (TPSA) is 35.5 Å². The first-order chi connectivity index (χ1) is 13.7. The normalized spacial score (nSPS) is 14.3. The van der Waals surface area contributed by atoms with Crippen LogP contribution in [0.25, 0.3) is 0 Å². The third-order valence-electron chi connectivity index (χ3n) is 4.61. The van der Waals surface area contributed by atoms with Crippen LogP contribution in [0.5, 0.6) is 5.75 Å². The Hall–Kier alpha value is -1.65. The van der Waals surface area contributed by atoms with Gasteiger partial charge in [-0.2, -0.15) is 0 Å². The van der Waals surface area contributed by atoms with Crippen LogP contribution in [-0.2, 0) is 15.5 Å². The average Bonchev–Trinajstić information content (AvgIpc) is 2.68. The van der Waals surface area contributed by atoms with E-state index in [4.69, 9.17) is 9.47 Å². The molecule has 0 spiro atoms. The van der Waals surface area contributed by atoms with Gasteiger partial charge in [0.05, 0.1) is 23.2 Å². The predicted molar refractivity (Wildman–Crippen MR) is 124 cm³/mol. The van der Waals surface area contributed by atoms with Crippen molar-refractivity contribution in [1.82, 2.24) is 0 Å². The summed E-state index contributed by atoms with van der Waals surface area (Å²) in [4.78, 5) is 0.827. The number of benzene rings is 2. The average molecular weight is 419 g/mol. The molecule has 0 aliphatic heterocycles. The highest BCUT2D eigenvalue weighted by Gasteiger charge is 2.21. The van der Waals surface area contributed by atoms with Gasteiger partial charge in [-0.3, -0.25) is 4.21 Å². The zero-order chi connectivity index (χ0) is 21.9. The van der Waals surface area contributed by atoms with Gasteiger partial charge >= 0.3 is 0 Å². The number of hydrogen-bond acceptors (Lipinski definition) is 3. The maximum Gasteiger partial charge on any atom is 0.197 e. The molecule has 3 nitrogen and oxygen atoms in total. The minimum Gasteiger partial charge on any atom is -0.465 e. The summed E-state index contributed by atoms with van der Waals surface area (Å²) in [6.07, 6.45) is 0.869. The minimum absolute atomic E-state index is 0.229. The monoisotopic (exact) mass is 418 g/mol. The molecule has 3 unspecified atom stereocenters. The summed E-state index contributed by atoms with van der Waals surface area (Å²) < 4.78 is 23.6. The number of hydrogen-bond donors (Lipinski definition) is 0. The summed E-state index contributed by atoms with van der Waals surface area (Å²) >= 11 is 0. The lowest BCUT2D eigenvalue weighted by molar-refractivity contribution is -0.0603. The van der Waals surface area contributed by atoms with Crippen molar-refractivity contribution >= 4 is 10.8 Å². The Morgan fingerprint density at radius 3 is 2.00 bits per heavy atom. The Morgan fingerprint density at radius 1 is 0.931 bits per heavy atom. The summed E-state index contributed by atoms with van der Waals surface area (Å²) in [5.74, 6) is 1.71. The quantitative estimate of drug-likeness (QED) is 0.442. The van der Waals surface area contributed by atoms with Gasteiger partial charge in [0, 0.05) is 4.90 Å². The Balaban J connectivity index is 0.00000132. The lowest BCUT2D eigenvalue weighted by Crippen LogP contribution is -2.19. The molecular formula is C25H38O3S. The molecule has 0 N–H and O–H groups in total. The van der Waals surface area contributed by atoms with Crippen molar-refractivity contribution in [2.75, 3.05) is 12.4 Å². The molecule has 2 aromatic rings. The Morgan fingerprint density at radius 2 is 1.48 bits per heavy atom. The fraction of sp³-hybridized carbons (Fsp3) is 0.520. The van der Waals surface area contributed by atoms with Crippen LogP contribution in [0.2, 0.25) is 0 Å². The van der Waals surface area contributed by atoms with Crippen molar-refractivity contribution in [2.45, 2.75) is 72.0 Å². The summed E-state index contributed by atoms with van der Waals surface area (Å²) in [6.45, 7) is 15.5.